The van der Waals surface area contributed by atoms with Crippen LogP contribution in [0.1, 0.15) is 39.4 Å². The Morgan fingerprint density at radius 2 is 1.60 bits per heavy atom. The second kappa shape index (κ2) is 12.4. The lowest BCUT2D eigenvalue weighted by Crippen LogP contribution is -2.44. The van der Waals surface area contributed by atoms with Crippen LogP contribution in [0, 0.1) is 27.7 Å². The first-order chi connectivity index (χ1) is 20.1. The first-order valence-corrected chi connectivity index (χ1v) is 14.5. The third-order valence-corrected chi connectivity index (χ3v) is 8.13. The van der Waals surface area contributed by atoms with Crippen LogP contribution in [0.2, 0.25) is 5.02 Å². The van der Waals surface area contributed by atoms with E-state index in [-0.39, 0.29) is 5.82 Å². The summed E-state index contributed by atoms with van der Waals surface area (Å²) in [6.07, 6.45) is 0.454. The van der Waals surface area contributed by atoms with Crippen LogP contribution in [0.5, 0.6) is 0 Å². The Balaban J connectivity index is 1.51. The van der Waals surface area contributed by atoms with E-state index in [1.54, 1.807) is 12.3 Å². The number of carboxylic acid groups (broad SMARTS) is 1. The molecule has 0 spiro atoms. The lowest BCUT2D eigenvalue weighted by atomic mass is 9.87. The number of aromatic nitrogens is 2. The molecule has 42 heavy (non-hydrogen) atoms. The van der Waals surface area contributed by atoms with Crippen molar-refractivity contribution in [1.29, 1.82) is 0 Å². The van der Waals surface area contributed by atoms with Crippen LogP contribution in [0.25, 0.3) is 0 Å². The number of benzene rings is 3. The summed E-state index contributed by atoms with van der Waals surface area (Å²) in [5, 5.41) is 14.5. The lowest BCUT2D eigenvalue weighted by Gasteiger charge is -2.34. The minimum Gasteiger partial charge on any atom is -0.465 e. The molecule has 0 aliphatic carbocycles. The van der Waals surface area contributed by atoms with Crippen LogP contribution in [0.4, 0.5) is 27.9 Å². The molecule has 1 amide bonds. The second-order valence-electron chi connectivity index (χ2n) is 11.1. The molecule has 8 nitrogen and oxygen atoms in total. The Morgan fingerprint density at radius 3 is 2.24 bits per heavy atom. The predicted molar refractivity (Wildman–Crippen MR) is 171 cm³/mol. The van der Waals surface area contributed by atoms with Gasteiger partial charge in [-0.05, 0) is 105 Å². The van der Waals surface area contributed by atoms with Crippen molar-refractivity contribution in [3.8, 4) is 0 Å². The van der Waals surface area contributed by atoms with Crippen molar-refractivity contribution < 1.29 is 9.90 Å². The number of carbonyl (C=O) groups is 1. The van der Waals surface area contributed by atoms with Gasteiger partial charge in [0.05, 0.1) is 6.04 Å². The summed E-state index contributed by atoms with van der Waals surface area (Å²) >= 11 is 6.46. The summed E-state index contributed by atoms with van der Waals surface area (Å²) in [7, 11) is 2.14. The Hall–Kier alpha value is -4.14. The Kier molecular flexibility index (Phi) is 8.66. The molecule has 3 aromatic carbocycles. The van der Waals surface area contributed by atoms with Gasteiger partial charge in [0.25, 0.3) is 0 Å². The van der Waals surface area contributed by atoms with E-state index in [1.807, 2.05) is 58.0 Å². The molecule has 5 rings (SSSR count). The lowest BCUT2D eigenvalue weighted by molar-refractivity contribution is 0.200. The summed E-state index contributed by atoms with van der Waals surface area (Å²) in [4.78, 5) is 28.2. The maximum atomic E-state index is 13.1. The fraction of sp³-hybridized carbons (Fsp3) is 0.303. The van der Waals surface area contributed by atoms with Gasteiger partial charge in [0, 0.05) is 48.8 Å². The number of piperazine rings is 1. The van der Waals surface area contributed by atoms with Crippen molar-refractivity contribution in [3.05, 3.63) is 105 Å². The number of anilines is 4. The zero-order valence-electron chi connectivity index (χ0n) is 24.7. The van der Waals surface area contributed by atoms with Gasteiger partial charge in [-0.25, -0.2) is 14.7 Å². The summed E-state index contributed by atoms with van der Waals surface area (Å²) in [6.45, 7) is 12.1. The standard InChI is InChI=1S/C33H37ClN6O2/c1-21-18-23(3)30(24(4)19-21)31(28-20-25(34)7-6-22(28)2)40(33(41)42)29-12-13-35-32(37-29)36-26-8-10-27(11-9-26)39-16-14-38(5)15-17-39/h6-13,18-20,31H,14-17H2,1-5H3,(H,41,42)(H,35,36,37). The molecule has 9 heteroatoms. The minimum absolute atomic E-state index is 0.262. The quantitative estimate of drug-likeness (QED) is 0.239. The van der Waals surface area contributed by atoms with Crippen molar-refractivity contribution in [2.75, 3.05) is 48.3 Å². The van der Waals surface area contributed by atoms with Crippen LogP contribution in [0.3, 0.4) is 0 Å². The minimum atomic E-state index is -1.13. The Bertz CT molecular complexity index is 1560. The average Bonchev–Trinajstić information content (AvgIpc) is 2.94. The molecule has 218 valence electrons. The molecular weight excluding hydrogens is 548 g/mol. The summed E-state index contributed by atoms with van der Waals surface area (Å²) in [5.74, 6) is 0.572. The molecule has 2 heterocycles. The molecule has 1 fully saturated rings. The topological polar surface area (TPSA) is 84.8 Å². The first kappa shape index (κ1) is 29.4. The van der Waals surface area contributed by atoms with Gasteiger partial charge in [0.1, 0.15) is 5.82 Å². The first-order valence-electron chi connectivity index (χ1n) is 14.1. The third kappa shape index (κ3) is 6.35. The molecule has 1 aliphatic rings. The number of halogens is 1. The number of rotatable bonds is 7. The Morgan fingerprint density at radius 1 is 0.929 bits per heavy atom. The summed E-state index contributed by atoms with van der Waals surface area (Å²) in [6, 6.07) is 18.9. The second-order valence-corrected chi connectivity index (χ2v) is 11.5. The monoisotopic (exact) mass is 584 g/mol. The van der Waals surface area contributed by atoms with E-state index in [4.69, 9.17) is 11.6 Å². The van der Waals surface area contributed by atoms with Crippen LogP contribution in [0.15, 0.2) is 66.9 Å². The molecule has 1 aromatic heterocycles. The highest BCUT2D eigenvalue weighted by Gasteiger charge is 2.33. The summed E-state index contributed by atoms with van der Waals surface area (Å²) in [5.41, 5.74) is 7.73. The highest BCUT2D eigenvalue weighted by Crippen LogP contribution is 2.39. The molecule has 1 atom stereocenters. The van der Waals surface area contributed by atoms with Crippen molar-refractivity contribution in [3.63, 3.8) is 0 Å². The van der Waals surface area contributed by atoms with Gasteiger partial charge >= 0.3 is 6.09 Å². The zero-order valence-corrected chi connectivity index (χ0v) is 25.5. The highest BCUT2D eigenvalue weighted by molar-refractivity contribution is 6.30. The maximum absolute atomic E-state index is 13.1. The molecule has 1 saturated heterocycles. The maximum Gasteiger partial charge on any atom is 0.413 e. The average molecular weight is 585 g/mol. The highest BCUT2D eigenvalue weighted by atomic mass is 35.5. The molecule has 0 bridgehead atoms. The third-order valence-electron chi connectivity index (χ3n) is 7.89. The van der Waals surface area contributed by atoms with Gasteiger partial charge < -0.3 is 20.2 Å². The van der Waals surface area contributed by atoms with E-state index in [1.165, 1.54) is 10.6 Å². The number of nitrogens with one attached hydrogen (secondary N) is 1. The molecule has 4 aromatic rings. The fourth-order valence-electron chi connectivity index (χ4n) is 5.79. The van der Waals surface area contributed by atoms with Crippen molar-refractivity contribution >= 4 is 40.8 Å². The number of hydrogen-bond acceptors (Lipinski definition) is 6. The molecule has 0 saturated carbocycles. The number of aryl methyl sites for hydroxylation is 4. The number of amides is 1. The van der Waals surface area contributed by atoms with Gasteiger partial charge in [-0.3, -0.25) is 0 Å². The van der Waals surface area contributed by atoms with E-state index in [0.717, 1.165) is 65.2 Å². The van der Waals surface area contributed by atoms with E-state index >= 15 is 0 Å². The van der Waals surface area contributed by atoms with Gasteiger partial charge in [0.15, 0.2) is 0 Å². The number of likely N-dealkylation sites (N-methyl/N-ethyl adjacent to an activating group) is 1. The Labute approximate surface area is 252 Å². The van der Waals surface area contributed by atoms with Crippen LogP contribution in [-0.2, 0) is 0 Å². The molecule has 2 N–H and O–H groups in total. The van der Waals surface area contributed by atoms with E-state index in [2.05, 4.69) is 56.4 Å². The number of hydrogen-bond donors (Lipinski definition) is 2. The zero-order chi connectivity index (χ0) is 30.0. The summed E-state index contributed by atoms with van der Waals surface area (Å²) < 4.78 is 0. The van der Waals surface area contributed by atoms with E-state index in [0.29, 0.717) is 11.0 Å². The normalized spacial score (nSPS) is 14.5. The van der Waals surface area contributed by atoms with Crippen LogP contribution in [-0.4, -0.2) is 59.3 Å². The van der Waals surface area contributed by atoms with Gasteiger partial charge in [-0.2, -0.15) is 4.98 Å². The molecular formula is C33H37ClN6O2. The van der Waals surface area contributed by atoms with Crippen molar-refractivity contribution in [2.45, 2.75) is 33.7 Å². The molecule has 1 aliphatic heterocycles. The molecule has 0 radical (unpaired) electrons. The molecule has 1 unspecified atom stereocenters. The predicted octanol–water partition coefficient (Wildman–Crippen LogP) is 7.13. The van der Waals surface area contributed by atoms with E-state index in [9.17, 15) is 9.90 Å². The number of nitrogens with zero attached hydrogens (tertiary/aromatic N) is 5. The van der Waals surface area contributed by atoms with Gasteiger partial charge in [-0.15, -0.1) is 0 Å². The van der Waals surface area contributed by atoms with Gasteiger partial charge in [0.2, 0.25) is 5.95 Å². The van der Waals surface area contributed by atoms with Crippen LogP contribution >= 0.6 is 11.6 Å². The van der Waals surface area contributed by atoms with Gasteiger partial charge in [-0.1, -0.05) is 35.4 Å². The van der Waals surface area contributed by atoms with E-state index < -0.39 is 12.1 Å². The fourth-order valence-corrected chi connectivity index (χ4v) is 5.97. The SMILES string of the molecule is Cc1cc(C)c(C(c2cc(Cl)ccc2C)N(C(=O)O)c2ccnc(Nc3ccc(N4CCN(C)CC4)cc3)n2)c(C)c1. The van der Waals surface area contributed by atoms with Crippen molar-refractivity contribution in [2.24, 2.45) is 0 Å². The van der Waals surface area contributed by atoms with Crippen LogP contribution < -0.4 is 15.1 Å². The van der Waals surface area contributed by atoms with Crippen molar-refractivity contribution in [1.82, 2.24) is 14.9 Å². The largest absolute Gasteiger partial charge is 0.465 e. The smallest absolute Gasteiger partial charge is 0.413 e.